The molecule has 2 aromatic rings. The van der Waals surface area contributed by atoms with E-state index >= 15 is 0 Å². The first-order valence-electron chi connectivity index (χ1n) is 5.50. The van der Waals surface area contributed by atoms with E-state index in [-0.39, 0.29) is 12.2 Å². The normalized spacial score (nSPS) is 10.9. The Kier molecular flexibility index (Phi) is 4.47. The summed E-state index contributed by atoms with van der Waals surface area (Å²) < 4.78 is 25.9. The highest BCUT2D eigenvalue weighted by molar-refractivity contribution is 6.30. The number of halogens is 3. The summed E-state index contributed by atoms with van der Waals surface area (Å²) in [6.07, 6.45) is 1.48. The Morgan fingerprint density at radius 1 is 1.11 bits per heavy atom. The fraction of sp³-hybridized carbons (Fsp3) is 0.0714. The maximum atomic E-state index is 13.3. The average Bonchev–Trinajstić information content (AvgIpc) is 2.39. The van der Waals surface area contributed by atoms with E-state index in [1.54, 1.807) is 24.3 Å². The maximum absolute atomic E-state index is 13.3. The Hall–Kier alpha value is -1.94. The van der Waals surface area contributed by atoms with Crippen LogP contribution in [0.4, 0.5) is 8.78 Å². The molecule has 19 heavy (non-hydrogen) atoms. The fourth-order valence-corrected chi connectivity index (χ4v) is 1.52. The molecular formula is C14H10ClF2NO. The van der Waals surface area contributed by atoms with Gasteiger partial charge in [0.2, 0.25) is 0 Å². The summed E-state index contributed by atoms with van der Waals surface area (Å²) in [5.74, 6) is -1.27. The van der Waals surface area contributed by atoms with Crippen LogP contribution < -0.4 is 0 Å². The maximum Gasteiger partial charge on any atom is 0.145 e. The van der Waals surface area contributed by atoms with Crippen LogP contribution >= 0.6 is 11.6 Å². The van der Waals surface area contributed by atoms with E-state index in [1.165, 1.54) is 18.3 Å². The summed E-state index contributed by atoms with van der Waals surface area (Å²) >= 11 is 5.74. The largest absolute Gasteiger partial charge is 0.391 e. The third-order valence-electron chi connectivity index (χ3n) is 2.38. The van der Waals surface area contributed by atoms with Crippen LogP contribution in [0.2, 0.25) is 5.02 Å². The minimum absolute atomic E-state index is 0.0593. The molecule has 0 heterocycles. The molecular weight excluding hydrogens is 272 g/mol. The van der Waals surface area contributed by atoms with Gasteiger partial charge in [0, 0.05) is 16.7 Å². The monoisotopic (exact) mass is 281 g/mol. The molecule has 0 N–H and O–H groups in total. The number of oxime groups is 1. The highest BCUT2D eigenvalue weighted by Crippen LogP contribution is 2.11. The van der Waals surface area contributed by atoms with E-state index in [0.717, 1.165) is 11.6 Å². The van der Waals surface area contributed by atoms with Gasteiger partial charge < -0.3 is 4.84 Å². The van der Waals surface area contributed by atoms with Gasteiger partial charge in [0.15, 0.2) is 0 Å². The summed E-state index contributed by atoms with van der Waals surface area (Å²) in [5.41, 5.74) is 1.05. The molecule has 2 nitrogen and oxygen atoms in total. The van der Waals surface area contributed by atoms with Crippen molar-refractivity contribution in [2.45, 2.75) is 6.61 Å². The van der Waals surface area contributed by atoms with E-state index in [1.807, 2.05) is 0 Å². The molecule has 2 rings (SSSR count). The Labute approximate surface area is 114 Å². The summed E-state index contributed by atoms with van der Waals surface area (Å²) in [5, 5.41) is 4.33. The van der Waals surface area contributed by atoms with Crippen LogP contribution in [0.25, 0.3) is 0 Å². The molecule has 98 valence electrons. The van der Waals surface area contributed by atoms with E-state index < -0.39 is 11.6 Å². The lowest BCUT2D eigenvalue weighted by Crippen LogP contribution is -1.93. The van der Waals surface area contributed by atoms with Gasteiger partial charge in [-0.3, -0.25) is 0 Å². The van der Waals surface area contributed by atoms with Crippen molar-refractivity contribution in [2.24, 2.45) is 5.16 Å². The predicted molar refractivity (Wildman–Crippen MR) is 70.2 cm³/mol. The molecule has 0 amide bonds. The second kappa shape index (κ2) is 6.29. The highest BCUT2D eigenvalue weighted by atomic mass is 35.5. The van der Waals surface area contributed by atoms with E-state index in [4.69, 9.17) is 16.4 Å². The Bertz CT molecular complexity index is 584. The fourth-order valence-electron chi connectivity index (χ4n) is 1.39. The lowest BCUT2D eigenvalue weighted by molar-refractivity contribution is 0.129. The number of hydrogen-bond donors (Lipinski definition) is 0. The molecule has 0 aliphatic heterocycles. The van der Waals surface area contributed by atoms with Gasteiger partial charge in [0.05, 0.1) is 6.21 Å². The molecule has 0 spiro atoms. The van der Waals surface area contributed by atoms with Gasteiger partial charge in [-0.25, -0.2) is 8.78 Å². The minimum Gasteiger partial charge on any atom is -0.391 e. The van der Waals surface area contributed by atoms with Crippen molar-refractivity contribution in [1.29, 1.82) is 0 Å². The Morgan fingerprint density at radius 2 is 1.84 bits per heavy atom. The van der Waals surface area contributed by atoms with Crippen LogP contribution in [0.5, 0.6) is 0 Å². The first-order valence-corrected chi connectivity index (χ1v) is 5.88. The van der Waals surface area contributed by atoms with Crippen LogP contribution in [0, 0.1) is 11.6 Å². The van der Waals surface area contributed by atoms with Crippen molar-refractivity contribution in [3.63, 3.8) is 0 Å². The lowest BCUT2D eigenvalue weighted by Gasteiger charge is -2.01. The average molecular weight is 282 g/mol. The third-order valence-corrected chi connectivity index (χ3v) is 2.63. The zero-order valence-electron chi connectivity index (χ0n) is 9.82. The molecule has 0 fully saturated rings. The lowest BCUT2D eigenvalue weighted by atomic mass is 10.2. The Morgan fingerprint density at radius 3 is 2.53 bits per heavy atom. The van der Waals surface area contributed by atoms with Crippen molar-refractivity contribution in [3.8, 4) is 0 Å². The third kappa shape index (κ3) is 4.03. The van der Waals surface area contributed by atoms with Gasteiger partial charge in [-0.1, -0.05) is 28.9 Å². The molecule has 0 saturated heterocycles. The molecule has 0 aliphatic carbocycles. The van der Waals surface area contributed by atoms with Gasteiger partial charge in [-0.05, 0) is 29.8 Å². The van der Waals surface area contributed by atoms with Crippen molar-refractivity contribution >= 4 is 17.8 Å². The Balaban J connectivity index is 1.91. The van der Waals surface area contributed by atoms with Gasteiger partial charge in [-0.15, -0.1) is 0 Å². The summed E-state index contributed by atoms with van der Waals surface area (Å²) in [6.45, 7) is -0.0593. The number of benzene rings is 2. The van der Waals surface area contributed by atoms with Crippen molar-refractivity contribution in [1.82, 2.24) is 0 Å². The van der Waals surface area contributed by atoms with Gasteiger partial charge >= 0.3 is 0 Å². The van der Waals surface area contributed by atoms with Crippen LogP contribution in [0.3, 0.4) is 0 Å². The van der Waals surface area contributed by atoms with Gasteiger partial charge in [0.1, 0.15) is 18.2 Å². The predicted octanol–water partition coefficient (Wildman–Crippen LogP) is 4.17. The smallest absolute Gasteiger partial charge is 0.145 e. The highest BCUT2D eigenvalue weighted by Gasteiger charge is 2.03. The summed E-state index contributed by atoms with van der Waals surface area (Å²) in [4.78, 5) is 4.95. The summed E-state index contributed by atoms with van der Waals surface area (Å²) in [7, 11) is 0. The molecule has 0 atom stereocenters. The zero-order valence-corrected chi connectivity index (χ0v) is 10.6. The van der Waals surface area contributed by atoms with E-state index in [9.17, 15) is 8.78 Å². The van der Waals surface area contributed by atoms with E-state index in [2.05, 4.69) is 5.16 Å². The van der Waals surface area contributed by atoms with Crippen molar-refractivity contribution in [3.05, 3.63) is 70.2 Å². The molecule has 0 aromatic heterocycles. The second-order valence-electron chi connectivity index (χ2n) is 3.80. The van der Waals surface area contributed by atoms with Crippen molar-refractivity contribution in [2.75, 3.05) is 0 Å². The SMILES string of the molecule is Fc1ccc(CON=Cc2ccc(Cl)cc2)c(F)c1. The molecule has 0 aliphatic rings. The molecule has 5 heteroatoms. The van der Waals surface area contributed by atoms with Crippen molar-refractivity contribution < 1.29 is 13.6 Å². The van der Waals surface area contributed by atoms with Crippen LogP contribution in [-0.2, 0) is 11.4 Å². The molecule has 0 saturated carbocycles. The molecule has 0 bridgehead atoms. The number of rotatable bonds is 4. The quantitative estimate of drug-likeness (QED) is 0.609. The standard InChI is InChI=1S/C14H10ClF2NO/c15-12-4-1-10(2-5-12)8-18-19-9-11-3-6-13(16)7-14(11)17/h1-8H,9H2. The first-order chi connectivity index (χ1) is 9.15. The number of nitrogens with zero attached hydrogens (tertiary/aromatic N) is 1. The topological polar surface area (TPSA) is 21.6 Å². The number of hydrogen-bond acceptors (Lipinski definition) is 2. The van der Waals surface area contributed by atoms with Crippen LogP contribution in [0.15, 0.2) is 47.6 Å². The zero-order chi connectivity index (χ0) is 13.7. The first kappa shape index (κ1) is 13.5. The van der Waals surface area contributed by atoms with Crippen LogP contribution in [-0.4, -0.2) is 6.21 Å². The molecule has 0 unspecified atom stereocenters. The van der Waals surface area contributed by atoms with Gasteiger partial charge in [-0.2, -0.15) is 0 Å². The summed E-state index contributed by atoms with van der Waals surface area (Å²) in [6, 6.07) is 10.3. The molecule has 0 radical (unpaired) electrons. The second-order valence-corrected chi connectivity index (χ2v) is 4.23. The van der Waals surface area contributed by atoms with E-state index in [0.29, 0.717) is 5.02 Å². The van der Waals surface area contributed by atoms with Gasteiger partial charge in [0.25, 0.3) is 0 Å². The minimum atomic E-state index is -0.651. The van der Waals surface area contributed by atoms with Crippen LogP contribution in [0.1, 0.15) is 11.1 Å². The molecule has 2 aromatic carbocycles.